The second-order valence-corrected chi connectivity index (χ2v) is 7.76. The molecule has 0 unspecified atom stereocenters. The molecule has 0 atom stereocenters. The lowest BCUT2D eigenvalue weighted by atomic mass is 10.1. The molecule has 5 aromatic rings. The maximum Gasteiger partial charge on any atom is 0.135 e. The summed E-state index contributed by atoms with van der Waals surface area (Å²) in [5.74, 6) is 0.881. The van der Waals surface area contributed by atoms with Gasteiger partial charge in [-0.05, 0) is 66.7 Å². The summed E-state index contributed by atoms with van der Waals surface area (Å²) in [7, 11) is 0. The maximum atomic E-state index is 6.02. The molecule has 0 bridgehead atoms. The van der Waals surface area contributed by atoms with Crippen LogP contribution in [0.5, 0.6) is 0 Å². The summed E-state index contributed by atoms with van der Waals surface area (Å²) in [6.45, 7) is 0. The summed E-state index contributed by atoms with van der Waals surface area (Å²) in [6.07, 6.45) is 0. The van der Waals surface area contributed by atoms with Gasteiger partial charge in [-0.3, -0.25) is 0 Å². The highest BCUT2D eigenvalue weighted by Gasteiger charge is 2.13. The van der Waals surface area contributed by atoms with Crippen molar-refractivity contribution in [2.45, 2.75) is 0 Å². The smallest absolute Gasteiger partial charge is 0.135 e. The van der Waals surface area contributed by atoms with Gasteiger partial charge in [-0.2, -0.15) is 0 Å². The van der Waals surface area contributed by atoms with E-state index in [1.54, 1.807) is 0 Å². The van der Waals surface area contributed by atoms with Crippen LogP contribution in [0.1, 0.15) is 0 Å². The molecule has 0 saturated heterocycles. The number of hydrogen-bond donors (Lipinski definition) is 0. The molecule has 0 aliphatic carbocycles. The van der Waals surface area contributed by atoms with Gasteiger partial charge in [-0.1, -0.05) is 58.4 Å². The molecule has 0 N–H and O–H groups in total. The Labute approximate surface area is 178 Å². The monoisotopic (exact) mass is 439 g/mol. The van der Waals surface area contributed by atoms with Crippen LogP contribution in [0.15, 0.2) is 118 Å². The molecule has 0 fully saturated rings. The molecule has 0 saturated carbocycles. The third-order valence-electron chi connectivity index (χ3n) is 4.92. The highest BCUT2D eigenvalue weighted by atomic mass is 79.9. The van der Waals surface area contributed by atoms with Crippen LogP contribution < -0.4 is 4.90 Å². The van der Waals surface area contributed by atoms with Crippen LogP contribution in [0.3, 0.4) is 0 Å². The lowest BCUT2D eigenvalue weighted by Crippen LogP contribution is -2.09. The first-order valence-corrected chi connectivity index (χ1v) is 10.3. The zero-order valence-electron chi connectivity index (χ0n) is 15.6. The summed E-state index contributed by atoms with van der Waals surface area (Å²) >= 11 is 3.60. The number of fused-ring (bicyclic) bond motifs is 1. The fraction of sp³-hybridized carbons (Fsp3) is 0. The van der Waals surface area contributed by atoms with Crippen molar-refractivity contribution in [3.63, 3.8) is 0 Å². The van der Waals surface area contributed by atoms with E-state index in [4.69, 9.17) is 4.42 Å². The molecule has 1 heterocycles. The maximum absolute atomic E-state index is 6.02. The van der Waals surface area contributed by atoms with Crippen LogP contribution in [-0.4, -0.2) is 0 Å². The predicted octanol–water partition coefficient (Wildman–Crippen LogP) is 8.33. The van der Waals surface area contributed by atoms with E-state index in [0.29, 0.717) is 0 Å². The first kappa shape index (κ1) is 17.8. The fourth-order valence-corrected chi connectivity index (χ4v) is 3.93. The van der Waals surface area contributed by atoms with Gasteiger partial charge >= 0.3 is 0 Å². The van der Waals surface area contributed by atoms with Crippen molar-refractivity contribution < 1.29 is 4.42 Å². The summed E-state index contributed by atoms with van der Waals surface area (Å²) < 4.78 is 7.07. The minimum atomic E-state index is 0.881. The van der Waals surface area contributed by atoms with E-state index in [2.05, 4.69) is 99.7 Å². The van der Waals surface area contributed by atoms with Crippen LogP contribution in [0.25, 0.3) is 22.3 Å². The third-order valence-corrected chi connectivity index (χ3v) is 5.41. The normalized spacial score (nSPS) is 10.9. The van der Waals surface area contributed by atoms with Crippen molar-refractivity contribution in [3.05, 3.63) is 114 Å². The van der Waals surface area contributed by atoms with E-state index < -0.39 is 0 Å². The van der Waals surface area contributed by atoms with Gasteiger partial charge in [0.1, 0.15) is 11.3 Å². The van der Waals surface area contributed by atoms with Crippen LogP contribution in [0, 0.1) is 0 Å². The molecule has 2 nitrogen and oxygen atoms in total. The Morgan fingerprint density at radius 2 is 1.28 bits per heavy atom. The zero-order valence-corrected chi connectivity index (χ0v) is 17.2. The molecule has 0 spiro atoms. The van der Waals surface area contributed by atoms with E-state index in [1.807, 2.05) is 30.3 Å². The minimum Gasteiger partial charge on any atom is -0.456 e. The van der Waals surface area contributed by atoms with Crippen LogP contribution >= 0.6 is 15.9 Å². The van der Waals surface area contributed by atoms with Crippen LogP contribution in [0.2, 0.25) is 0 Å². The van der Waals surface area contributed by atoms with E-state index >= 15 is 0 Å². The first-order chi connectivity index (χ1) is 14.3. The number of nitrogens with zero attached hydrogens (tertiary/aromatic N) is 1. The summed E-state index contributed by atoms with van der Waals surface area (Å²) in [6, 6.07) is 37.4. The number of para-hydroxylation sites is 2. The van der Waals surface area contributed by atoms with Crippen LogP contribution in [0.4, 0.5) is 17.1 Å². The summed E-state index contributed by atoms with van der Waals surface area (Å²) in [5.41, 5.74) is 5.28. The molecule has 0 radical (unpaired) electrons. The molecular formula is C26H18BrNO. The standard InChI is InChI=1S/C26H18BrNO/c27-21-8-6-11-24(18-21)28(22-9-2-1-3-10-22)23-15-13-19(14-16-23)26-17-20-7-4-5-12-25(20)29-26/h1-18H. The molecule has 4 aromatic carbocycles. The van der Waals surface area contributed by atoms with Gasteiger partial charge in [0, 0.05) is 32.5 Å². The lowest BCUT2D eigenvalue weighted by Gasteiger charge is -2.25. The number of rotatable bonds is 4. The zero-order chi connectivity index (χ0) is 19.6. The summed E-state index contributed by atoms with van der Waals surface area (Å²) in [5, 5.41) is 1.12. The van der Waals surface area contributed by atoms with Gasteiger partial charge in [0.2, 0.25) is 0 Å². The summed E-state index contributed by atoms with van der Waals surface area (Å²) in [4.78, 5) is 2.24. The van der Waals surface area contributed by atoms with Crippen molar-refractivity contribution in [1.82, 2.24) is 0 Å². The Morgan fingerprint density at radius 1 is 0.586 bits per heavy atom. The molecule has 140 valence electrons. The SMILES string of the molecule is Brc1cccc(N(c2ccccc2)c2ccc(-c3cc4ccccc4o3)cc2)c1. The number of halogens is 1. The Balaban J connectivity index is 1.56. The molecule has 0 aliphatic heterocycles. The van der Waals surface area contributed by atoms with Gasteiger partial charge in [-0.15, -0.1) is 0 Å². The van der Waals surface area contributed by atoms with E-state index in [9.17, 15) is 0 Å². The van der Waals surface area contributed by atoms with Crippen molar-refractivity contribution >= 4 is 44.0 Å². The van der Waals surface area contributed by atoms with E-state index in [-0.39, 0.29) is 0 Å². The Bertz CT molecular complexity index is 1230. The second-order valence-electron chi connectivity index (χ2n) is 6.85. The van der Waals surface area contributed by atoms with E-state index in [0.717, 1.165) is 43.8 Å². The molecule has 29 heavy (non-hydrogen) atoms. The van der Waals surface area contributed by atoms with Crippen molar-refractivity contribution in [1.29, 1.82) is 0 Å². The molecular weight excluding hydrogens is 422 g/mol. The van der Waals surface area contributed by atoms with Crippen molar-refractivity contribution in [2.75, 3.05) is 4.90 Å². The number of hydrogen-bond acceptors (Lipinski definition) is 2. The molecule has 5 rings (SSSR count). The second kappa shape index (κ2) is 7.61. The average molecular weight is 440 g/mol. The number of anilines is 3. The van der Waals surface area contributed by atoms with Gasteiger partial charge in [0.05, 0.1) is 0 Å². The lowest BCUT2D eigenvalue weighted by molar-refractivity contribution is 0.631. The predicted molar refractivity (Wildman–Crippen MR) is 124 cm³/mol. The largest absolute Gasteiger partial charge is 0.456 e. The highest BCUT2D eigenvalue weighted by molar-refractivity contribution is 9.10. The van der Waals surface area contributed by atoms with Gasteiger partial charge in [0.25, 0.3) is 0 Å². The molecule has 1 aromatic heterocycles. The third kappa shape index (κ3) is 3.57. The van der Waals surface area contributed by atoms with Crippen molar-refractivity contribution in [2.24, 2.45) is 0 Å². The number of benzene rings is 4. The Morgan fingerprint density at radius 3 is 2.03 bits per heavy atom. The Kier molecular flexibility index (Phi) is 4.66. The molecule has 0 amide bonds. The highest BCUT2D eigenvalue weighted by Crippen LogP contribution is 2.37. The van der Waals surface area contributed by atoms with Crippen molar-refractivity contribution in [3.8, 4) is 11.3 Å². The van der Waals surface area contributed by atoms with Gasteiger partial charge in [-0.25, -0.2) is 0 Å². The molecule has 3 heteroatoms. The van der Waals surface area contributed by atoms with E-state index in [1.165, 1.54) is 0 Å². The fourth-order valence-electron chi connectivity index (χ4n) is 3.54. The topological polar surface area (TPSA) is 16.4 Å². The number of furan rings is 1. The quantitative estimate of drug-likeness (QED) is 0.279. The Hall–Kier alpha value is -3.30. The average Bonchev–Trinajstić information content (AvgIpc) is 3.20. The van der Waals surface area contributed by atoms with Gasteiger partial charge < -0.3 is 9.32 Å². The minimum absolute atomic E-state index is 0.881. The van der Waals surface area contributed by atoms with Crippen LogP contribution in [-0.2, 0) is 0 Å². The van der Waals surface area contributed by atoms with Gasteiger partial charge in [0.15, 0.2) is 0 Å². The molecule has 0 aliphatic rings. The first-order valence-electron chi connectivity index (χ1n) is 9.48.